The van der Waals surface area contributed by atoms with E-state index in [-0.39, 0.29) is 12.4 Å². The molecule has 0 radical (unpaired) electrons. The fourth-order valence-electron chi connectivity index (χ4n) is 3.54. The summed E-state index contributed by atoms with van der Waals surface area (Å²) < 4.78 is 45.7. The second kappa shape index (κ2) is 7.77. The van der Waals surface area contributed by atoms with Crippen molar-refractivity contribution in [3.8, 4) is 5.75 Å². The van der Waals surface area contributed by atoms with Crippen LogP contribution in [0.5, 0.6) is 5.75 Å². The van der Waals surface area contributed by atoms with E-state index in [0.717, 1.165) is 54.8 Å². The second-order valence-electron chi connectivity index (χ2n) is 7.06. The summed E-state index contributed by atoms with van der Waals surface area (Å²) in [4.78, 5) is 16.8. The van der Waals surface area contributed by atoms with Crippen LogP contribution in [-0.2, 0) is 23.9 Å². The topological polar surface area (TPSA) is 56.1 Å². The van der Waals surface area contributed by atoms with E-state index in [1.165, 1.54) is 18.6 Å². The third kappa shape index (κ3) is 4.36. The molecule has 3 aromatic rings. The maximum absolute atomic E-state index is 12.7. The number of imidazole rings is 1. The number of fused-ring (bicyclic) bond motifs is 3. The first-order valence-electron chi connectivity index (χ1n) is 9.49. The Morgan fingerprint density at radius 3 is 2.83 bits per heavy atom. The molecule has 0 bridgehead atoms. The van der Waals surface area contributed by atoms with E-state index in [1.54, 1.807) is 12.1 Å². The summed E-state index contributed by atoms with van der Waals surface area (Å²) in [6.45, 7) is 0.557. The molecule has 8 heteroatoms. The van der Waals surface area contributed by atoms with Gasteiger partial charge in [-0.25, -0.2) is 4.98 Å². The van der Waals surface area contributed by atoms with Gasteiger partial charge in [-0.2, -0.15) is 13.2 Å². The fraction of sp³-hybridized carbons (Fsp3) is 0.333. The molecule has 0 atom stereocenters. The standard InChI is InChI=1S/C21H20F3N3O2/c22-21(23,24)14-5-4-6-16(11-14)29-13-20(28)25-15-8-9-18-17(12-15)26-19-7-2-1-3-10-27(18)19/h4-6,8-9,11-12H,1-3,7,10,13H2,(H,25,28). The molecule has 152 valence electrons. The van der Waals surface area contributed by atoms with Crippen molar-refractivity contribution in [2.45, 2.75) is 38.4 Å². The molecule has 2 heterocycles. The lowest BCUT2D eigenvalue weighted by molar-refractivity contribution is -0.137. The van der Waals surface area contributed by atoms with Crippen LogP contribution in [0.15, 0.2) is 42.5 Å². The predicted octanol–water partition coefficient (Wildman–Crippen LogP) is 4.80. The number of anilines is 1. The van der Waals surface area contributed by atoms with Gasteiger partial charge in [-0.1, -0.05) is 12.5 Å². The summed E-state index contributed by atoms with van der Waals surface area (Å²) in [7, 11) is 0. The maximum Gasteiger partial charge on any atom is 0.416 e. The van der Waals surface area contributed by atoms with Crippen LogP contribution in [0.25, 0.3) is 11.0 Å². The SMILES string of the molecule is O=C(COc1cccc(C(F)(F)F)c1)Nc1ccc2c(c1)nc1n2CCCCC1. The third-order valence-corrected chi connectivity index (χ3v) is 4.92. The number of aromatic nitrogens is 2. The maximum atomic E-state index is 12.7. The Balaban J connectivity index is 1.41. The van der Waals surface area contributed by atoms with E-state index in [1.807, 2.05) is 6.07 Å². The Morgan fingerprint density at radius 1 is 1.14 bits per heavy atom. The highest BCUT2D eigenvalue weighted by Crippen LogP contribution is 2.31. The summed E-state index contributed by atoms with van der Waals surface area (Å²) in [5.41, 5.74) is 1.61. The van der Waals surface area contributed by atoms with Gasteiger partial charge in [0, 0.05) is 18.7 Å². The van der Waals surface area contributed by atoms with Crippen LogP contribution in [0.3, 0.4) is 0 Å². The lowest BCUT2D eigenvalue weighted by atomic mass is 10.2. The first-order valence-corrected chi connectivity index (χ1v) is 9.49. The molecule has 1 aliphatic rings. The minimum absolute atomic E-state index is 0.0109. The molecule has 2 aromatic carbocycles. The highest BCUT2D eigenvalue weighted by atomic mass is 19.4. The lowest BCUT2D eigenvalue weighted by Gasteiger charge is -2.10. The van der Waals surface area contributed by atoms with Crippen LogP contribution >= 0.6 is 0 Å². The van der Waals surface area contributed by atoms with Crippen LogP contribution in [0.4, 0.5) is 18.9 Å². The van der Waals surface area contributed by atoms with E-state index in [9.17, 15) is 18.0 Å². The van der Waals surface area contributed by atoms with E-state index >= 15 is 0 Å². The van der Waals surface area contributed by atoms with Gasteiger partial charge in [-0.05, 0) is 49.2 Å². The summed E-state index contributed by atoms with van der Waals surface area (Å²) in [6, 6.07) is 9.98. The van der Waals surface area contributed by atoms with Gasteiger partial charge in [0.1, 0.15) is 11.6 Å². The molecule has 0 unspecified atom stereocenters. The Kier molecular flexibility index (Phi) is 5.17. The first kappa shape index (κ1) is 19.3. The Bertz CT molecular complexity index is 1040. The highest BCUT2D eigenvalue weighted by Gasteiger charge is 2.30. The van der Waals surface area contributed by atoms with Gasteiger partial charge in [-0.15, -0.1) is 0 Å². The molecule has 0 fully saturated rings. The largest absolute Gasteiger partial charge is 0.484 e. The van der Waals surface area contributed by atoms with Crippen LogP contribution in [0.2, 0.25) is 0 Å². The van der Waals surface area contributed by atoms with Crippen molar-refractivity contribution in [3.05, 3.63) is 53.9 Å². The molecule has 0 saturated carbocycles. The molecule has 0 spiro atoms. The summed E-state index contributed by atoms with van der Waals surface area (Å²) >= 11 is 0. The highest BCUT2D eigenvalue weighted by molar-refractivity contribution is 5.94. The minimum atomic E-state index is -4.46. The third-order valence-electron chi connectivity index (χ3n) is 4.92. The van der Waals surface area contributed by atoms with Crippen LogP contribution in [0.1, 0.15) is 30.7 Å². The van der Waals surface area contributed by atoms with Crippen LogP contribution < -0.4 is 10.1 Å². The molecule has 29 heavy (non-hydrogen) atoms. The van der Waals surface area contributed by atoms with Crippen molar-refractivity contribution in [1.29, 1.82) is 0 Å². The van der Waals surface area contributed by atoms with E-state index < -0.39 is 17.6 Å². The second-order valence-corrected chi connectivity index (χ2v) is 7.06. The average Bonchev–Trinajstić information content (AvgIpc) is 2.86. The number of alkyl halides is 3. The number of amides is 1. The first-order chi connectivity index (χ1) is 13.9. The molecule has 0 aliphatic carbocycles. The number of carbonyl (C=O) groups excluding carboxylic acids is 1. The molecule has 1 aromatic heterocycles. The molecular formula is C21H20F3N3O2. The van der Waals surface area contributed by atoms with E-state index in [4.69, 9.17) is 4.74 Å². The van der Waals surface area contributed by atoms with Gasteiger partial charge in [0.05, 0.1) is 16.6 Å². The van der Waals surface area contributed by atoms with Gasteiger partial charge in [0.25, 0.3) is 5.91 Å². The Labute approximate surface area is 165 Å². The van der Waals surface area contributed by atoms with Crippen molar-refractivity contribution in [1.82, 2.24) is 9.55 Å². The number of hydrogen-bond donors (Lipinski definition) is 1. The zero-order valence-corrected chi connectivity index (χ0v) is 15.6. The van der Waals surface area contributed by atoms with Crippen molar-refractivity contribution in [2.24, 2.45) is 0 Å². The zero-order chi connectivity index (χ0) is 20.4. The van der Waals surface area contributed by atoms with Gasteiger partial charge in [-0.3, -0.25) is 4.79 Å². The molecule has 1 N–H and O–H groups in total. The lowest BCUT2D eigenvalue weighted by Crippen LogP contribution is -2.20. The Hall–Kier alpha value is -3.03. The number of hydrogen-bond acceptors (Lipinski definition) is 3. The van der Waals surface area contributed by atoms with Gasteiger partial charge >= 0.3 is 6.18 Å². The average molecular weight is 403 g/mol. The fourth-order valence-corrected chi connectivity index (χ4v) is 3.54. The normalized spacial score (nSPS) is 14.3. The number of nitrogens with zero attached hydrogens (tertiary/aromatic N) is 2. The van der Waals surface area contributed by atoms with E-state index in [0.29, 0.717) is 5.69 Å². The van der Waals surface area contributed by atoms with Crippen molar-refractivity contribution >= 4 is 22.6 Å². The van der Waals surface area contributed by atoms with Crippen molar-refractivity contribution in [3.63, 3.8) is 0 Å². The number of benzene rings is 2. The number of carbonyl (C=O) groups is 1. The van der Waals surface area contributed by atoms with Gasteiger partial charge < -0.3 is 14.6 Å². The summed E-state index contributed by atoms with van der Waals surface area (Å²) in [5.74, 6) is 0.597. The minimum Gasteiger partial charge on any atom is -0.484 e. The van der Waals surface area contributed by atoms with Crippen molar-refractivity contribution in [2.75, 3.05) is 11.9 Å². The number of aryl methyl sites for hydroxylation is 2. The number of ether oxygens (including phenoxy) is 1. The number of halogens is 3. The van der Waals surface area contributed by atoms with Gasteiger partial charge in [0.15, 0.2) is 6.61 Å². The van der Waals surface area contributed by atoms with Crippen molar-refractivity contribution < 1.29 is 22.7 Å². The monoisotopic (exact) mass is 403 g/mol. The molecular weight excluding hydrogens is 383 g/mol. The summed E-state index contributed by atoms with van der Waals surface area (Å²) in [6.07, 6.45) is -0.0601. The molecule has 4 rings (SSSR count). The van der Waals surface area contributed by atoms with E-state index in [2.05, 4.69) is 14.9 Å². The van der Waals surface area contributed by atoms with Gasteiger partial charge in [0.2, 0.25) is 0 Å². The number of rotatable bonds is 4. The smallest absolute Gasteiger partial charge is 0.416 e. The zero-order valence-electron chi connectivity index (χ0n) is 15.6. The quantitative estimate of drug-likeness (QED) is 0.681. The predicted molar refractivity (Wildman–Crippen MR) is 103 cm³/mol. The molecule has 1 aliphatic heterocycles. The molecule has 5 nitrogen and oxygen atoms in total. The Morgan fingerprint density at radius 2 is 2.00 bits per heavy atom. The molecule has 0 saturated heterocycles. The molecule has 1 amide bonds. The summed E-state index contributed by atoms with van der Waals surface area (Å²) in [5, 5.41) is 2.71. The van der Waals surface area contributed by atoms with Crippen LogP contribution in [0, 0.1) is 0 Å². The number of nitrogens with one attached hydrogen (secondary N) is 1. The van der Waals surface area contributed by atoms with Crippen LogP contribution in [-0.4, -0.2) is 22.1 Å².